The van der Waals surface area contributed by atoms with Crippen LogP contribution in [0, 0.1) is 0 Å². The van der Waals surface area contributed by atoms with Crippen LogP contribution in [0.15, 0.2) is 51.0 Å². The molecule has 1 amide bonds. The molecule has 11 heteroatoms. The van der Waals surface area contributed by atoms with Gasteiger partial charge in [-0.05, 0) is 43.2 Å². The van der Waals surface area contributed by atoms with E-state index in [9.17, 15) is 22.8 Å². The quantitative estimate of drug-likeness (QED) is 0.632. The first-order valence-electron chi connectivity index (χ1n) is 9.68. The van der Waals surface area contributed by atoms with Crippen LogP contribution in [0.25, 0.3) is 11.0 Å². The van der Waals surface area contributed by atoms with Gasteiger partial charge >= 0.3 is 5.69 Å². The zero-order chi connectivity index (χ0) is 22.3. The number of fused-ring (bicyclic) bond motifs is 1. The summed E-state index contributed by atoms with van der Waals surface area (Å²) in [5.74, 6) is -0.520. The van der Waals surface area contributed by atoms with Gasteiger partial charge < -0.3 is 5.32 Å². The molecular formula is C20H21N5O5S. The summed E-state index contributed by atoms with van der Waals surface area (Å²) < 4.78 is 28.9. The Bertz CT molecular complexity index is 1400. The van der Waals surface area contributed by atoms with Crippen molar-refractivity contribution in [2.75, 3.05) is 18.4 Å². The van der Waals surface area contributed by atoms with E-state index in [0.717, 1.165) is 17.4 Å². The van der Waals surface area contributed by atoms with E-state index >= 15 is 0 Å². The Kier molecular flexibility index (Phi) is 5.23. The van der Waals surface area contributed by atoms with Crippen LogP contribution in [0.5, 0.6) is 0 Å². The monoisotopic (exact) mass is 443 g/mol. The van der Waals surface area contributed by atoms with Gasteiger partial charge in [-0.3, -0.25) is 18.7 Å². The number of nitrogens with zero attached hydrogens (tertiary/aromatic N) is 4. The maximum absolute atomic E-state index is 12.8. The molecule has 31 heavy (non-hydrogen) atoms. The normalized spacial score (nSPS) is 14.8. The number of sulfonamides is 1. The van der Waals surface area contributed by atoms with E-state index in [4.69, 9.17) is 0 Å². The van der Waals surface area contributed by atoms with Crippen molar-refractivity contribution in [3.8, 4) is 0 Å². The highest BCUT2D eigenvalue weighted by molar-refractivity contribution is 7.89. The maximum Gasteiger partial charge on any atom is 0.332 e. The highest BCUT2D eigenvalue weighted by Gasteiger charge is 2.27. The van der Waals surface area contributed by atoms with Crippen LogP contribution in [-0.4, -0.2) is 45.8 Å². The van der Waals surface area contributed by atoms with Crippen LogP contribution < -0.4 is 16.6 Å². The molecule has 4 rings (SSSR count). The van der Waals surface area contributed by atoms with Crippen LogP contribution in [0.2, 0.25) is 0 Å². The Hall–Kier alpha value is -3.31. The van der Waals surface area contributed by atoms with Gasteiger partial charge in [-0.15, -0.1) is 0 Å². The Balaban J connectivity index is 1.66. The van der Waals surface area contributed by atoms with Crippen molar-refractivity contribution in [2.24, 2.45) is 14.1 Å². The van der Waals surface area contributed by atoms with Crippen molar-refractivity contribution in [3.05, 3.63) is 62.9 Å². The number of carbonyl (C=O) groups is 1. The third-order valence-corrected chi connectivity index (χ3v) is 7.32. The zero-order valence-electron chi connectivity index (χ0n) is 17.0. The zero-order valence-corrected chi connectivity index (χ0v) is 17.8. The minimum absolute atomic E-state index is 0.105. The van der Waals surface area contributed by atoms with Crippen molar-refractivity contribution >= 4 is 32.7 Å². The summed E-state index contributed by atoms with van der Waals surface area (Å²) in [6.45, 7) is 0.994. The number of amides is 1. The van der Waals surface area contributed by atoms with Crippen LogP contribution >= 0.6 is 0 Å². The topological polar surface area (TPSA) is 123 Å². The number of pyridine rings is 1. The number of nitrogens with one attached hydrogen (secondary N) is 1. The summed E-state index contributed by atoms with van der Waals surface area (Å²) in [7, 11) is -0.733. The fraction of sp³-hybridized carbons (Fsp3) is 0.300. The van der Waals surface area contributed by atoms with E-state index < -0.39 is 27.2 Å². The number of benzene rings is 1. The third-order valence-electron chi connectivity index (χ3n) is 5.41. The van der Waals surface area contributed by atoms with E-state index in [1.807, 2.05) is 0 Å². The number of carbonyl (C=O) groups excluding carboxylic acids is 1. The van der Waals surface area contributed by atoms with Crippen molar-refractivity contribution in [3.63, 3.8) is 0 Å². The van der Waals surface area contributed by atoms with E-state index in [0.29, 0.717) is 13.1 Å². The van der Waals surface area contributed by atoms with E-state index in [1.165, 1.54) is 59.5 Å². The molecule has 1 aliphatic heterocycles. The van der Waals surface area contributed by atoms with Gasteiger partial charge in [0.2, 0.25) is 10.0 Å². The first-order chi connectivity index (χ1) is 14.7. The lowest BCUT2D eigenvalue weighted by Gasteiger charge is -2.15. The van der Waals surface area contributed by atoms with Gasteiger partial charge in [0.25, 0.3) is 11.5 Å². The van der Waals surface area contributed by atoms with E-state index in [1.54, 1.807) is 0 Å². The van der Waals surface area contributed by atoms with Crippen LogP contribution in [0.1, 0.15) is 23.2 Å². The summed E-state index contributed by atoms with van der Waals surface area (Å²) in [5, 5.41) is 2.77. The van der Waals surface area contributed by atoms with Gasteiger partial charge in [-0.25, -0.2) is 18.2 Å². The van der Waals surface area contributed by atoms with Gasteiger partial charge in [-0.1, -0.05) is 0 Å². The number of aromatic nitrogens is 3. The molecule has 0 aliphatic carbocycles. The second kappa shape index (κ2) is 7.75. The Morgan fingerprint density at radius 2 is 1.65 bits per heavy atom. The molecular weight excluding hydrogens is 422 g/mol. The van der Waals surface area contributed by atoms with Gasteiger partial charge in [0.1, 0.15) is 5.39 Å². The first kappa shape index (κ1) is 20.9. The highest BCUT2D eigenvalue weighted by atomic mass is 32.2. The lowest BCUT2D eigenvalue weighted by molar-refractivity contribution is 0.102. The predicted octanol–water partition coefficient (Wildman–Crippen LogP) is 0.669. The van der Waals surface area contributed by atoms with Crippen LogP contribution in [0.3, 0.4) is 0 Å². The SMILES string of the molecule is Cn1c(=O)c2c(NC(=O)c3ccc(S(=O)(=O)N4CCCC4)cc3)ccnc2n(C)c1=O. The summed E-state index contributed by atoms with van der Waals surface area (Å²) in [6.07, 6.45) is 3.07. The molecule has 2 aromatic heterocycles. The molecule has 0 saturated carbocycles. The van der Waals surface area contributed by atoms with Crippen molar-refractivity contribution in [1.82, 2.24) is 18.4 Å². The van der Waals surface area contributed by atoms with E-state index in [2.05, 4.69) is 10.3 Å². The average Bonchev–Trinajstić information content (AvgIpc) is 3.32. The smallest absolute Gasteiger partial charge is 0.321 e. The van der Waals surface area contributed by atoms with Crippen LogP contribution in [0.4, 0.5) is 5.69 Å². The molecule has 0 atom stereocenters. The number of anilines is 1. The third kappa shape index (κ3) is 3.55. The first-order valence-corrected chi connectivity index (χ1v) is 11.1. The molecule has 3 heterocycles. The van der Waals surface area contributed by atoms with Crippen LogP contribution in [-0.2, 0) is 24.1 Å². The summed E-state index contributed by atoms with van der Waals surface area (Å²) >= 11 is 0. The van der Waals surface area contributed by atoms with Gasteiger partial charge in [0.05, 0.1) is 10.6 Å². The average molecular weight is 443 g/mol. The fourth-order valence-corrected chi connectivity index (χ4v) is 5.16. The standard InChI is InChI=1S/C20H21N5O5S/c1-23-17-16(19(27)24(2)20(23)28)15(9-10-21-17)22-18(26)13-5-7-14(8-6-13)31(29,30)25-11-3-4-12-25/h5-10H,3-4,11-12H2,1-2H3,(H,21,22,26). The largest absolute Gasteiger partial charge is 0.332 e. The number of hydrogen-bond donors (Lipinski definition) is 1. The van der Waals surface area contributed by atoms with Gasteiger partial charge in [0, 0.05) is 38.9 Å². The molecule has 0 spiro atoms. The molecule has 3 aromatic rings. The van der Waals surface area contributed by atoms with Gasteiger partial charge in [-0.2, -0.15) is 4.31 Å². The van der Waals surface area contributed by atoms with Crippen molar-refractivity contribution in [2.45, 2.75) is 17.7 Å². The van der Waals surface area contributed by atoms with Crippen molar-refractivity contribution in [1.29, 1.82) is 0 Å². The molecule has 0 radical (unpaired) electrons. The summed E-state index contributed by atoms with van der Waals surface area (Å²) in [4.78, 5) is 41.7. The molecule has 0 unspecified atom stereocenters. The molecule has 1 aromatic carbocycles. The molecule has 0 bridgehead atoms. The molecule has 1 saturated heterocycles. The Labute approximate surface area is 177 Å². The van der Waals surface area contributed by atoms with Gasteiger partial charge in [0.15, 0.2) is 5.65 Å². The molecule has 1 N–H and O–H groups in total. The Morgan fingerprint density at radius 1 is 1.00 bits per heavy atom. The number of hydrogen-bond acceptors (Lipinski definition) is 6. The Morgan fingerprint density at radius 3 is 2.29 bits per heavy atom. The number of aryl methyl sites for hydroxylation is 1. The molecule has 1 aliphatic rings. The predicted molar refractivity (Wildman–Crippen MR) is 115 cm³/mol. The fourth-order valence-electron chi connectivity index (χ4n) is 3.64. The second-order valence-corrected chi connectivity index (χ2v) is 9.29. The second-order valence-electron chi connectivity index (χ2n) is 7.35. The van der Waals surface area contributed by atoms with Crippen molar-refractivity contribution < 1.29 is 13.2 Å². The number of rotatable bonds is 4. The lowest BCUT2D eigenvalue weighted by Crippen LogP contribution is -2.37. The maximum atomic E-state index is 12.8. The minimum atomic E-state index is -3.57. The highest BCUT2D eigenvalue weighted by Crippen LogP contribution is 2.22. The summed E-state index contributed by atoms with van der Waals surface area (Å²) in [5.41, 5.74) is -0.512. The minimum Gasteiger partial charge on any atom is -0.321 e. The lowest BCUT2D eigenvalue weighted by atomic mass is 10.2. The molecule has 1 fully saturated rings. The molecule has 162 valence electrons. The molecule has 10 nitrogen and oxygen atoms in total. The summed E-state index contributed by atoms with van der Waals surface area (Å²) in [6, 6.07) is 7.12. The van der Waals surface area contributed by atoms with E-state index in [-0.39, 0.29) is 27.2 Å².